The number of nitrogens with two attached hydrogens (primary N) is 1. The highest BCUT2D eigenvalue weighted by molar-refractivity contribution is 7.13. The summed E-state index contributed by atoms with van der Waals surface area (Å²) < 4.78 is 1.66. The quantitative estimate of drug-likeness (QED) is 0.778. The number of nitrogen functional groups attached to an aromatic ring is 1. The van der Waals surface area contributed by atoms with Crippen molar-refractivity contribution in [3.63, 3.8) is 0 Å². The van der Waals surface area contributed by atoms with Crippen molar-refractivity contribution in [2.75, 3.05) is 5.73 Å². The lowest BCUT2D eigenvalue weighted by molar-refractivity contribution is 0.0697. The van der Waals surface area contributed by atoms with Crippen LogP contribution in [0.5, 0.6) is 0 Å². The number of anilines is 1. The van der Waals surface area contributed by atoms with Gasteiger partial charge in [-0.2, -0.15) is 5.10 Å². The van der Waals surface area contributed by atoms with Gasteiger partial charge in [-0.3, -0.25) is 0 Å². The number of carbonyl (C=O) groups is 1. The fourth-order valence-corrected chi connectivity index (χ4v) is 3.00. The maximum absolute atomic E-state index is 10.9. The molecule has 6 heteroatoms. The van der Waals surface area contributed by atoms with Gasteiger partial charge in [-0.1, -0.05) is 0 Å². The van der Waals surface area contributed by atoms with E-state index in [0.29, 0.717) is 5.69 Å². The molecular formula is C15H13N3O2S. The third-order valence-corrected chi connectivity index (χ3v) is 4.22. The van der Waals surface area contributed by atoms with Crippen molar-refractivity contribution < 1.29 is 9.90 Å². The minimum atomic E-state index is -0.948. The number of benzene rings is 1. The van der Waals surface area contributed by atoms with E-state index >= 15 is 0 Å². The minimum Gasteiger partial charge on any atom is -0.478 e. The molecule has 0 unspecified atom stereocenters. The van der Waals surface area contributed by atoms with Gasteiger partial charge < -0.3 is 10.8 Å². The summed E-state index contributed by atoms with van der Waals surface area (Å²) >= 11 is 1.60. The van der Waals surface area contributed by atoms with Gasteiger partial charge >= 0.3 is 5.97 Å². The first kappa shape index (κ1) is 13.4. The van der Waals surface area contributed by atoms with E-state index < -0.39 is 5.97 Å². The van der Waals surface area contributed by atoms with Crippen molar-refractivity contribution >= 4 is 23.0 Å². The number of rotatable bonds is 3. The lowest BCUT2D eigenvalue weighted by atomic mass is 10.2. The van der Waals surface area contributed by atoms with Gasteiger partial charge in [-0.05, 0) is 48.2 Å². The van der Waals surface area contributed by atoms with E-state index in [-0.39, 0.29) is 5.56 Å². The Morgan fingerprint density at radius 3 is 2.57 bits per heavy atom. The van der Waals surface area contributed by atoms with Gasteiger partial charge in [0.15, 0.2) is 0 Å². The second-order valence-electron chi connectivity index (χ2n) is 4.66. The Labute approximate surface area is 125 Å². The average molecular weight is 299 g/mol. The van der Waals surface area contributed by atoms with Gasteiger partial charge in [0.1, 0.15) is 5.69 Å². The molecule has 1 aromatic carbocycles. The highest BCUT2D eigenvalue weighted by Crippen LogP contribution is 2.32. The second kappa shape index (κ2) is 5.06. The van der Waals surface area contributed by atoms with Crippen LogP contribution in [0, 0.1) is 6.92 Å². The predicted molar refractivity (Wildman–Crippen MR) is 83.0 cm³/mol. The van der Waals surface area contributed by atoms with Crippen molar-refractivity contribution in [3.8, 4) is 16.3 Å². The normalized spacial score (nSPS) is 10.7. The summed E-state index contributed by atoms with van der Waals surface area (Å²) in [5.41, 5.74) is 9.55. The van der Waals surface area contributed by atoms with Crippen LogP contribution in [0.3, 0.4) is 0 Å². The van der Waals surface area contributed by atoms with E-state index in [1.165, 1.54) is 0 Å². The Morgan fingerprint density at radius 2 is 2.00 bits per heavy atom. The van der Waals surface area contributed by atoms with Crippen molar-refractivity contribution in [2.24, 2.45) is 0 Å². The van der Waals surface area contributed by atoms with Gasteiger partial charge in [0.25, 0.3) is 0 Å². The molecule has 5 nitrogen and oxygen atoms in total. The summed E-state index contributed by atoms with van der Waals surface area (Å²) in [6, 6.07) is 8.54. The van der Waals surface area contributed by atoms with Crippen LogP contribution in [0.15, 0.2) is 41.9 Å². The molecule has 106 valence electrons. The smallest absolute Gasteiger partial charge is 0.335 e. The Kier molecular flexibility index (Phi) is 3.23. The molecule has 21 heavy (non-hydrogen) atoms. The molecule has 0 bridgehead atoms. The largest absolute Gasteiger partial charge is 0.478 e. The van der Waals surface area contributed by atoms with E-state index in [2.05, 4.69) is 5.10 Å². The van der Waals surface area contributed by atoms with Crippen LogP contribution in [0.4, 0.5) is 5.69 Å². The number of carboxylic acid groups (broad SMARTS) is 1. The first-order chi connectivity index (χ1) is 10.1. The first-order valence-corrected chi connectivity index (χ1v) is 7.17. The van der Waals surface area contributed by atoms with Crippen LogP contribution < -0.4 is 5.73 Å². The number of hydrogen-bond acceptors (Lipinski definition) is 4. The third kappa shape index (κ3) is 2.41. The fourth-order valence-electron chi connectivity index (χ4n) is 2.07. The standard InChI is InChI=1S/C15H13N3O2S/c1-9-6-7-21-14(9)13-12(16)8-18(17-13)11-4-2-10(3-5-11)15(19)20/h2-8H,16H2,1H3,(H,19,20). The molecule has 3 rings (SSSR count). The van der Waals surface area contributed by atoms with Crippen LogP contribution in [0.1, 0.15) is 15.9 Å². The Bertz CT molecular complexity index is 803. The predicted octanol–water partition coefficient (Wildman–Crippen LogP) is 3.19. The monoisotopic (exact) mass is 299 g/mol. The zero-order chi connectivity index (χ0) is 15.0. The molecule has 0 fully saturated rings. The van der Waals surface area contributed by atoms with Gasteiger partial charge in [0.2, 0.25) is 0 Å². The fraction of sp³-hybridized carbons (Fsp3) is 0.0667. The molecule has 0 saturated heterocycles. The molecule has 0 radical (unpaired) electrons. The second-order valence-corrected chi connectivity index (χ2v) is 5.58. The molecule has 0 spiro atoms. The zero-order valence-corrected chi connectivity index (χ0v) is 12.1. The van der Waals surface area contributed by atoms with Crippen molar-refractivity contribution in [2.45, 2.75) is 6.92 Å². The van der Waals surface area contributed by atoms with Crippen molar-refractivity contribution in [1.29, 1.82) is 0 Å². The summed E-state index contributed by atoms with van der Waals surface area (Å²) in [6.07, 6.45) is 1.74. The number of aryl methyl sites for hydroxylation is 1. The van der Waals surface area contributed by atoms with Crippen LogP contribution in [-0.2, 0) is 0 Å². The molecular weight excluding hydrogens is 286 g/mol. The van der Waals surface area contributed by atoms with Crippen molar-refractivity contribution in [3.05, 3.63) is 53.0 Å². The molecule has 0 atom stereocenters. The average Bonchev–Trinajstić information content (AvgIpc) is 3.04. The number of aromatic carboxylic acids is 1. The van der Waals surface area contributed by atoms with Crippen LogP contribution in [0.2, 0.25) is 0 Å². The first-order valence-electron chi connectivity index (χ1n) is 6.29. The topological polar surface area (TPSA) is 81.1 Å². The van der Waals surface area contributed by atoms with Gasteiger partial charge in [-0.15, -0.1) is 11.3 Å². The number of carboxylic acids is 1. The molecule has 3 aromatic rings. The number of hydrogen-bond donors (Lipinski definition) is 2. The lowest BCUT2D eigenvalue weighted by Crippen LogP contribution is -1.98. The molecule has 0 amide bonds. The van der Waals surface area contributed by atoms with Crippen LogP contribution in [0.25, 0.3) is 16.3 Å². The highest BCUT2D eigenvalue weighted by Gasteiger charge is 2.13. The molecule has 0 aliphatic rings. The number of thiophene rings is 1. The van der Waals surface area contributed by atoms with Crippen molar-refractivity contribution in [1.82, 2.24) is 9.78 Å². The Morgan fingerprint density at radius 1 is 1.29 bits per heavy atom. The maximum atomic E-state index is 10.9. The zero-order valence-electron chi connectivity index (χ0n) is 11.3. The molecule has 2 aromatic heterocycles. The van der Waals surface area contributed by atoms with E-state index in [1.54, 1.807) is 46.5 Å². The SMILES string of the molecule is Cc1ccsc1-c1nn(-c2ccc(C(=O)O)cc2)cc1N. The molecule has 0 aliphatic heterocycles. The number of nitrogens with zero attached hydrogens (tertiary/aromatic N) is 2. The molecule has 2 heterocycles. The summed E-state index contributed by atoms with van der Waals surface area (Å²) in [4.78, 5) is 11.9. The van der Waals surface area contributed by atoms with Gasteiger partial charge in [0.05, 0.1) is 28.0 Å². The van der Waals surface area contributed by atoms with E-state index in [1.807, 2.05) is 18.4 Å². The molecule has 0 aliphatic carbocycles. The highest BCUT2D eigenvalue weighted by atomic mass is 32.1. The summed E-state index contributed by atoms with van der Waals surface area (Å²) in [5.74, 6) is -0.948. The Balaban J connectivity index is 2.01. The van der Waals surface area contributed by atoms with Crippen LogP contribution >= 0.6 is 11.3 Å². The maximum Gasteiger partial charge on any atom is 0.335 e. The van der Waals surface area contributed by atoms with Crippen LogP contribution in [-0.4, -0.2) is 20.9 Å². The molecule has 3 N–H and O–H groups in total. The van der Waals surface area contributed by atoms with E-state index in [0.717, 1.165) is 21.8 Å². The van der Waals surface area contributed by atoms with E-state index in [9.17, 15) is 4.79 Å². The Hall–Kier alpha value is -2.60. The van der Waals surface area contributed by atoms with E-state index in [4.69, 9.17) is 10.8 Å². The van der Waals surface area contributed by atoms with Gasteiger partial charge in [0, 0.05) is 0 Å². The molecule has 0 saturated carbocycles. The summed E-state index contributed by atoms with van der Waals surface area (Å²) in [6.45, 7) is 2.02. The minimum absolute atomic E-state index is 0.244. The van der Waals surface area contributed by atoms with Gasteiger partial charge in [-0.25, -0.2) is 9.48 Å². The lowest BCUT2D eigenvalue weighted by Gasteiger charge is -2.01. The summed E-state index contributed by atoms with van der Waals surface area (Å²) in [5, 5.41) is 15.4. The third-order valence-electron chi connectivity index (χ3n) is 3.20. The summed E-state index contributed by atoms with van der Waals surface area (Å²) in [7, 11) is 0. The number of aromatic nitrogens is 2.